The van der Waals surface area contributed by atoms with Crippen molar-refractivity contribution in [2.45, 2.75) is 45.2 Å². The van der Waals surface area contributed by atoms with Gasteiger partial charge in [0.1, 0.15) is 5.82 Å². The number of rotatable bonds is 3. The average Bonchev–Trinajstić information content (AvgIpc) is 2.57. The monoisotopic (exact) mass is 264 g/mol. The summed E-state index contributed by atoms with van der Waals surface area (Å²) in [5, 5.41) is 0. The summed E-state index contributed by atoms with van der Waals surface area (Å²) in [7, 11) is 0. The Balaban J connectivity index is 2.23. The summed E-state index contributed by atoms with van der Waals surface area (Å²) in [5.74, 6) is 0.626. The molecular weight excluding hydrogens is 239 g/mol. The van der Waals surface area contributed by atoms with Gasteiger partial charge in [-0.1, -0.05) is 25.1 Å². The molecule has 0 bridgehead atoms. The number of hydrogen-bond acceptors (Lipinski definition) is 2. The minimum Gasteiger partial charge on any atom is -0.326 e. The molecule has 2 rings (SSSR count). The Morgan fingerprint density at radius 2 is 2.00 bits per heavy atom. The van der Waals surface area contributed by atoms with Crippen LogP contribution < -0.4 is 5.73 Å². The van der Waals surface area contributed by atoms with Gasteiger partial charge in [-0.3, -0.25) is 4.90 Å². The smallest absolute Gasteiger partial charge is 0.128 e. The first-order chi connectivity index (χ1) is 9.09. The van der Waals surface area contributed by atoms with Gasteiger partial charge in [-0.25, -0.2) is 4.39 Å². The Kier molecular flexibility index (Phi) is 4.94. The second-order valence-corrected chi connectivity index (χ2v) is 5.90. The van der Waals surface area contributed by atoms with Gasteiger partial charge in [0.2, 0.25) is 0 Å². The van der Waals surface area contributed by atoms with Crippen molar-refractivity contribution in [3.8, 4) is 0 Å². The third-order valence-electron chi connectivity index (χ3n) is 4.17. The zero-order chi connectivity index (χ0) is 13.8. The summed E-state index contributed by atoms with van der Waals surface area (Å²) < 4.78 is 14.1. The molecule has 2 nitrogen and oxygen atoms in total. The van der Waals surface area contributed by atoms with Crippen LogP contribution in [0.1, 0.15) is 44.7 Å². The molecule has 2 N–H and O–H groups in total. The Morgan fingerprint density at radius 1 is 1.26 bits per heavy atom. The summed E-state index contributed by atoms with van der Waals surface area (Å²) in [5.41, 5.74) is 6.89. The topological polar surface area (TPSA) is 29.3 Å². The molecule has 0 aliphatic carbocycles. The summed E-state index contributed by atoms with van der Waals surface area (Å²) in [6.45, 7) is 6.31. The molecule has 106 valence electrons. The van der Waals surface area contributed by atoms with Gasteiger partial charge < -0.3 is 5.73 Å². The molecule has 3 atom stereocenters. The number of nitrogens with zero attached hydrogens (tertiary/aromatic N) is 1. The highest BCUT2D eigenvalue weighted by Crippen LogP contribution is 2.29. The molecule has 0 aromatic heterocycles. The van der Waals surface area contributed by atoms with Crippen LogP contribution >= 0.6 is 0 Å². The van der Waals surface area contributed by atoms with Crippen LogP contribution in [-0.2, 0) is 0 Å². The first-order valence-corrected chi connectivity index (χ1v) is 7.33. The van der Waals surface area contributed by atoms with Crippen molar-refractivity contribution in [1.82, 2.24) is 4.90 Å². The molecule has 0 radical (unpaired) electrons. The first kappa shape index (κ1) is 14.5. The van der Waals surface area contributed by atoms with Gasteiger partial charge in [0.05, 0.1) is 6.04 Å². The third kappa shape index (κ3) is 3.54. The molecular formula is C16H25FN2. The van der Waals surface area contributed by atoms with E-state index >= 15 is 0 Å². The van der Waals surface area contributed by atoms with Gasteiger partial charge in [0, 0.05) is 11.6 Å². The van der Waals surface area contributed by atoms with Gasteiger partial charge in [-0.2, -0.15) is 0 Å². The van der Waals surface area contributed by atoms with Gasteiger partial charge in [0.25, 0.3) is 0 Å². The molecule has 1 aliphatic heterocycles. The molecule has 19 heavy (non-hydrogen) atoms. The molecule has 1 aromatic carbocycles. The molecule has 3 unspecified atom stereocenters. The summed E-state index contributed by atoms with van der Waals surface area (Å²) >= 11 is 0. The van der Waals surface area contributed by atoms with Crippen molar-refractivity contribution >= 4 is 0 Å². The lowest BCUT2D eigenvalue weighted by atomic mass is 9.98. The Bertz CT molecular complexity index is 405. The van der Waals surface area contributed by atoms with E-state index in [0.29, 0.717) is 0 Å². The van der Waals surface area contributed by atoms with Crippen molar-refractivity contribution in [2.24, 2.45) is 11.7 Å². The van der Waals surface area contributed by atoms with Gasteiger partial charge in [-0.05, 0) is 51.3 Å². The fourth-order valence-electron chi connectivity index (χ4n) is 3.09. The predicted octanol–water partition coefficient (Wildman–Crippen LogP) is 3.34. The van der Waals surface area contributed by atoms with Crippen LogP contribution in [0.15, 0.2) is 24.3 Å². The van der Waals surface area contributed by atoms with Crippen LogP contribution in [0.2, 0.25) is 0 Å². The van der Waals surface area contributed by atoms with Crippen LogP contribution in [0.25, 0.3) is 0 Å². The number of benzene rings is 1. The van der Waals surface area contributed by atoms with Crippen LogP contribution in [0.3, 0.4) is 0 Å². The maximum absolute atomic E-state index is 14.1. The standard InChI is InChI=1S/C16H25FN2/c1-12-6-5-10-19(11-9-12)16(13(2)18)14-7-3-4-8-15(14)17/h3-4,7-8,12-13,16H,5-6,9-11,18H2,1-2H3. The van der Waals surface area contributed by atoms with E-state index in [2.05, 4.69) is 11.8 Å². The fourth-order valence-corrected chi connectivity index (χ4v) is 3.09. The Morgan fingerprint density at radius 3 is 2.68 bits per heavy atom. The highest BCUT2D eigenvalue weighted by molar-refractivity contribution is 5.22. The second-order valence-electron chi connectivity index (χ2n) is 5.90. The van der Waals surface area contributed by atoms with E-state index in [9.17, 15) is 4.39 Å². The second kappa shape index (κ2) is 6.49. The van der Waals surface area contributed by atoms with Crippen molar-refractivity contribution in [3.63, 3.8) is 0 Å². The minimum atomic E-state index is -0.137. The summed E-state index contributed by atoms with van der Waals surface area (Å²) in [4.78, 5) is 2.37. The Labute approximate surface area is 115 Å². The lowest BCUT2D eigenvalue weighted by molar-refractivity contribution is 0.177. The highest BCUT2D eigenvalue weighted by atomic mass is 19.1. The normalized spacial score (nSPS) is 24.7. The van der Waals surface area contributed by atoms with Gasteiger partial charge >= 0.3 is 0 Å². The molecule has 1 aromatic rings. The van der Waals surface area contributed by atoms with Gasteiger partial charge in [-0.15, -0.1) is 0 Å². The lowest BCUT2D eigenvalue weighted by Crippen LogP contribution is -2.40. The van der Waals surface area contributed by atoms with E-state index in [4.69, 9.17) is 5.73 Å². The lowest BCUT2D eigenvalue weighted by Gasteiger charge is -2.34. The molecule has 1 aliphatic rings. The predicted molar refractivity (Wildman–Crippen MR) is 77.4 cm³/mol. The number of nitrogens with two attached hydrogens (primary N) is 1. The maximum Gasteiger partial charge on any atom is 0.128 e. The van der Waals surface area contributed by atoms with Crippen LogP contribution in [0.4, 0.5) is 4.39 Å². The molecule has 1 fully saturated rings. The van der Waals surface area contributed by atoms with Gasteiger partial charge in [0.15, 0.2) is 0 Å². The molecule has 0 spiro atoms. The fraction of sp³-hybridized carbons (Fsp3) is 0.625. The van der Waals surface area contributed by atoms with E-state index in [1.165, 1.54) is 25.3 Å². The largest absolute Gasteiger partial charge is 0.326 e. The highest BCUT2D eigenvalue weighted by Gasteiger charge is 2.27. The van der Waals surface area contributed by atoms with Crippen LogP contribution in [-0.4, -0.2) is 24.0 Å². The minimum absolute atomic E-state index is 0.00787. The summed E-state index contributed by atoms with van der Waals surface area (Å²) in [6, 6.07) is 6.97. The number of halogens is 1. The SMILES string of the molecule is CC1CCCN(C(c2ccccc2F)C(C)N)CC1. The zero-order valence-corrected chi connectivity index (χ0v) is 12.0. The van der Waals surface area contributed by atoms with E-state index < -0.39 is 0 Å². The maximum atomic E-state index is 14.1. The third-order valence-corrected chi connectivity index (χ3v) is 4.17. The molecule has 1 heterocycles. The van der Waals surface area contributed by atoms with Crippen molar-refractivity contribution in [1.29, 1.82) is 0 Å². The van der Waals surface area contributed by atoms with Crippen molar-refractivity contribution in [3.05, 3.63) is 35.6 Å². The van der Waals surface area contributed by atoms with Crippen molar-refractivity contribution < 1.29 is 4.39 Å². The van der Waals surface area contributed by atoms with Crippen LogP contribution in [0.5, 0.6) is 0 Å². The van der Waals surface area contributed by atoms with Crippen LogP contribution in [0, 0.1) is 11.7 Å². The molecule has 0 saturated carbocycles. The summed E-state index contributed by atoms with van der Waals surface area (Å²) in [6.07, 6.45) is 3.62. The number of likely N-dealkylation sites (tertiary alicyclic amines) is 1. The average molecular weight is 264 g/mol. The van der Waals surface area contributed by atoms with E-state index in [0.717, 1.165) is 24.6 Å². The Hall–Kier alpha value is -0.930. The molecule has 1 saturated heterocycles. The van der Waals surface area contributed by atoms with E-state index in [1.54, 1.807) is 6.07 Å². The molecule has 0 amide bonds. The molecule has 3 heteroatoms. The van der Waals surface area contributed by atoms with Crippen molar-refractivity contribution in [2.75, 3.05) is 13.1 Å². The first-order valence-electron chi connectivity index (χ1n) is 7.33. The van der Waals surface area contributed by atoms with E-state index in [1.807, 2.05) is 19.1 Å². The van der Waals surface area contributed by atoms with E-state index in [-0.39, 0.29) is 17.9 Å². The number of hydrogen-bond donors (Lipinski definition) is 1. The zero-order valence-electron chi connectivity index (χ0n) is 12.0. The quantitative estimate of drug-likeness (QED) is 0.907.